The van der Waals surface area contributed by atoms with Crippen LogP contribution >= 0.6 is 0 Å². The predicted octanol–water partition coefficient (Wildman–Crippen LogP) is 7.82. The van der Waals surface area contributed by atoms with Gasteiger partial charge >= 0.3 is 0 Å². The summed E-state index contributed by atoms with van der Waals surface area (Å²) < 4.78 is 0. The van der Waals surface area contributed by atoms with E-state index in [2.05, 4.69) is 129 Å². The SMILES string of the molecule is Cc1ccc(N=C(C#C[Si](C)(C)C)c2ccccc2-c2cccc3ccccc23)cc1. The van der Waals surface area contributed by atoms with Crippen molar-refractivity contribution in [1.29, 1.82) is 0 Å². The summed E-state index contributed by atoms with van der Waals surface area (Å²) in [6, 6.07) is 31.8. The van der Waals surface area contributed by atoms with Crippen LogP contribution in [0.2, 0.25) is 19.6 Å². The third kappa shape index (κ3) is 5.02. The Balaban J connectivity index is 1.94. The smallest absolute Gasteiger partial charge is 0.129 e. The summed E-state index contributed by atoms with van der Waals surface area (Å²) >= 11 is 0. The first kappa shape index (κ1) is 20.8. The number of fused-ring (bicyclic) bond motifs is 1. The van der Waals surface area contributed by atoms with E-state index < -0.39 is 8.07 Å². The number of hydrogen-bond donors (Lipinski definition) is 0. The molecule has 0 N–H and O–H groups in total. The second kappa shape index (κ2) is 8.76. The van der Waals surface area contributed by atoms with E-state index in [0.29, 0.717) is 0 Å². The number of nitrogens with zero attached hydrogens (tertiary/aromatic N) is 1. The van der Waals surface area contributed by atoms with E-state index in [9.17, 15) is 0 Å². The van der Waals surface area contributed by atoms with Crippen LogP contribution in [-0.2, 0) is 0 Å². The third-order valence-corrected chi connectivity index (χ3v) is 5.97. The van der Waals surface area contributed by atoms with Gasteiger partial charge in [0.05, 0.1) is 5.69 Å². The van der Waals surface area contributed by atoms with Gasteiger partial charge in [-0.2, -0.15) is 0 Å². The van der Waals surface area contributed by atoms with Crippen molar-refractivity contribution in [3.63, 3.8) is 0 Å². The second-order valence-corrected chi connectivity index (χ2v) is 13.6. The van der Waals surface area contributed by atoms with Gasteiger partial charge in [0.2, 0.25) is 0 Å². The first-order chi connectivity index (χ1) is 14.9. The third-order valence-electron chi connectivity index (χ3n) is 5.09. The maximum absolute atomic E-state index is 5.00. The van der Waals surface area contributed by atoms with Crippen LogP contribution in [0.4, 0.5) is 5.69 Å². The molecule has 0 aromatic heterocycles. The van der Waals surface area contributed by atoms with Crippen LogP contribution in [0.3, 0.4) is 0 Å². The highest BCUT2D eigenvalue weighted by molar-refractivity contribution is 6.84. The van der Waals surface area contributed by atoms with E-state index in [1.54, 1.807) is 0 Å². The van der Waals surface area contributed by atoms with Gasteiger partial charge in [-0.05, 0) is 41.0 Å². The minimum Gasteiger partial charge on any atom is -0.239 e. The fourth-order valence-corrected chi connectivity index (χ4v) is 4.03. The zero-order valence-corrected chi connectivity index (χ0v) is 19.6. The van der Waals surface area contributed by atoms with Crippen LogP contribution in [0.15, 0.2) is 96.0 Å². The van der Waals surface area contributed by atoms with Crippen LogP contribution in [0, 0.1) is 18.4 Å². The molecule has 0 saturated heterocycles. The average molecular weight is 418 g/mol. The monoisotopic (exact) mass is 417 g/mol. The van der Waals surface area contributed by atoms with Gasteiger partial charge in [0.25, 0.3) is 0 Å². The highest BCUT2D eigenvalue weighted by atomic mass is 28.3. The van der Waals surface area contributed by atoms with E-state index in [0.717, 1.165) is 22.5 Å². The van der Waals surface area contributed by atoms with Gasteiger partial charge in [-0.15, -0.1) is 5.54 Å². The summed E-state index contributed by atoms with van der Waals surface area (Å²) in [4.78, 5) is 5.00. The molecule has 4 rings (SSSR count). The molecule has 0 aliphatic heterocycles. The molecule has 0 spiro atoms. The molecular weight excluding hydrogens is 390 g/mol. The minimum absolute atomic E-state index is 0.829. The highest BCUT2D eigenvalue weighted by Crippen LogP contribution is 2.32. The van der Waals surface area contributed by atoms with Crippen LogP contribution in [0.1, 0.15) is 11.1 Å². The Kier molecular flexibility index (Phi) is 5.89. The Labute approximate surface area is 186 Å². The topological polar surface area (TPSA) is 12.4 Å². The molecule has 0 bridgehead atoms. The van der Waals surface area contributed by atoms with Gasteiger partial charge in [0.1, 0.15) is 13.8 Å². The minimum atomic E-state index is -1.56. The Morgan fingerprint density at radius 1 is 0.710 bits per heavy atom. The standard InChI is InChI=1S/C29H27NSi/c1-22-16-18-24(19-17-22)30-29(20-21-31(2,3)4)28-14-8-7-13-27(28)26-15-9-11-23-10-5-6-12-25(23)26/h5-19H,1-4H3. The molecule has 1 nitrogen and oxygen atoms in total. The Bertz CT molecular complexity index is 1310. The fourth-order valence-electron chi connectivity index (χ4n) is 3.54. The van der Waals surface area contributed by atoms with Gasteiger partial charge in [0, 0.05) is 5.56 Å². The van der Waals surface area contributed by atoms with E-state index >= 15 is 0 Å². The summed E-state index contributed by atoms with van der Waals surface area (Å²) in [7, 11) is -1.56. The molecule has 0 aliphatic rings. The maximum Gasteiger partial charge on any atom is 0.129 e. The summed E-state index contributed by atoms with van der Waals surface area (Å²) in [5.74, 6) is 3.46. The lowest BCUT2D eigenvalue weighted by Gasteiger charge is -2.13. The lowest BCUT2D eigenvalue weighted by Crippen LogP contribution is -2.17. The zero-order valence-electron chi connectivity index (χ0n) is 18.6. The van der Waals surface area contributed by atoms with Crippen LogP contribution < -0.4 is 0 Å². The normalized spacial score (nSPS) is 11.8. The number of rotatable bonds is 3. The fraction of sp³-hybridized carbons (Fsp3) is 0.138. The van der Waals surface area contributed by atoms with Crippen LogP contribution in [0.5, 0.6) is 0 Å². The number of aryl methyl sites for hydroxylation is 1. The van der Waals surface area contributed by atoms with Gasteiger partial charge in [0.15, 0.2) is 0 Å². The molecule has 0 atom stereocenters. The molecule has 152 valence electrons. The van der Waals surface area contributed by atoms with Crippen molar-refractivity contribution in [2.45, 2.75) is 26.6 Å². The molecule has 0 fully saturated rings. The lowest BCUT2D eigenvalue weighted by molar-refractivity contribution is 1.43. The van der Waals surface area contributed by atoms with E-state index in [1.807, 2.05) is 0 Å². The molecule has 0 unspecified atom stereocenters. The number of benzene rings is 4. The molecule has 2 heteroatoms. The summed E-state index contributed by atoms with van der Waals surface area (Å²) in [6.45, 7) is 8.88. The predicted molar refractivity (Wildman–Crippen MR) is 138 cm³/mol. The first-order valence-corrected chi connectivity index (χ1v) is 14.2. The van der Waals surface area contributed by atoms with Crippen molar-refractivity contribution in [1.82, 2.24) is 0 Å². The largest absolute Gasteiger partial charge is 0.239 e. The van der Waals surface area contributed by atoms with Gasteiger partial charge < -0.3 is 0 Å². The quantitative estimate of drug-likeness (QED) is 0.183. The summed E-state index contributed by atoms with van der Waals surface area (Å²) in [6.07, 6.45) is 0. The van der Waals surface area contributed by atoms with E-state index in [4.69, 9.17) is 4.99 Å². The molecular formula is C29H27NSi. The van der Waals surface area contributed by atoms with Crippen molar-refractivity contribution in [3.8, 4) is 22.6 Å². The summed E-state index contributed by atoms with van der Waals surface area (Å²) in [5, 5.41) is 2.48. The van der Waals surface area contributed by atoms with Crippen molar-refractivity contribution in [2.24, 2.45) is 4.99 Å². The van der Waals surface area contributed by atoms with Crippen LogP contribution in [0.25, 0.3) is 21.9 Å². The van der Waals surface area contributed by atoms with Crippen molar-refractivity contribution in [3.05, 3.63) is 102 Å². The average Bonchev–Trinajstić information content (AvgIpc) is 2.77. The molecule has 4 aromatic rings. The molecule has 0 aliphatic carbocycles. The maximum atomic E-state index is 5.00. The second-order valence-electron chi connectivity index (χ2n) is 8.87. The van der Waals surface area contributed by atoms with E-state index in [-0.39, 0.29) is 0 Å². The Hall–Kier alpha value is -3.41. The van der Waals surface area contributed by atoms with Gasteiger partial charge in [-0.3, -0.25) is 0 Å². The molecule has 0 radical (unpaired) electrons. The Morgan fingerprint density at radius 3 is 2.13 bits per heavy atom. The Morgan fingerprint density at radius 2 is 1.35 bits per heavy atom. The van der Waals surface area contributed by atoms with Crippen molar-refractivity contribution < 1.29 is 0 Å². The lowest BCUT2D eigenvalue weighted by atomic mass is 9.93. The first-order valence-electron chi connectivity index (χ1n) is 10.7. The summed E-state index contributed by atoms with van der Waals surface area (Å²) in [5.41, 5.74) is 9.95. The molecule has 4 aromatic carbocycles. The molecule has 0 heterocycles. The number of hydrogen-bond acceptors (Lipinski definition) is 1. The molecule has 0 amide bonds. The van der Waals surface area contributed by atoms with Gasteiger partial charge in [-0.1, -0.05) is 110 Å². The van der Waals surface area contributed by atoms with Crippen molar-refractivity contribution in [2.75, 3.05) is 0 Å². The van der Waals surface area contributed by atoms with Gasteiger partial charge in [-0.25, -0.2) is 4.99 Å². The van der Waals surface area contributed by atoms with Crippen molar-refractivity contribution >= 4 is 30.2 Å². The van der Waals surface area contributed by atoms with E-state index in [1.165, 1.54) is 21.9 Å². The highest BCUT2D eigenvalue weighted by Gasteiger charge is 2.14. The molecule has 0 saturated carbocycles. The van der Waals surface area contributed by atoms with Crippen LogP contribution in [-0.4, -0.2) is 13.8 Å². The zero-order chi connectivity index (χ0) is 21.8. The molecule has 31 heavy (non-hydrogen) atoms. The number of aliphatic imine (C=N–C) groups is 1.